The van der Waals surface area contributed by atoms with Gasteiger partial charge in [-0.25, -0.2) is 0 Å². The molecule has 3 unspecified atom stereocenters. The van der Waals surface area contributed by atoms with Crippen LogP contribution >= 0.6 is 0 Å². The minimum absolute atomic E-state index is 0.126. The molecule has 1 rings (SSSR count). The van der Waals surface area contributed by atoms with Gasteiger partial charge in [-0.05, 0) is 36.6 Å². The molecule has 17 heavy (non-hydrogen) atoms. The van der Waals surface area contributed by atoms with E-state index in [1.807, 2.05) is 0 Å². The molecular weight excluding hydrogens is 214 g/mol. The molecule has 0 radical (unpaired) electrons. The summed E-state index contributed by atoms with van der Waals surface area (Å²) in [6.07, 6.45) is 1.77. The first kappa shape index (κ1) is 14.5. The molecule has 1 fully saturated rings. The molecule has 0 amide bonds. The first-order chi connectivity index (χ1) is 7.76. The van der Waals surface area contributed by atoms with Crippen LogP contribution in [0.15, 0.2) is 0 Å². The molecule has 0 aromatic rings. The lowest BCUT2D eigenvalue weighted by Gasteiger charge is -2.46. The van der Waals surface area contributed by atoms with E-state index in [1.54, 1.807) is 0 Å². The highest BCUT2D eigenvalue weighted by molar-refractivity contribution is 5.71. The highest BCUT2D eigenvalue weighted by Gasteiger charge is 2.45. The number of hydrogen-bond donors (Lipinski definition) is 2. The fourth-order valence-corrected chi connectivity index (χ4v) is 2.91. The molecule has 0 aromatic carbocycles. The van der Waals surface area contributed by atoms with Crippen LogP contribution in [0.2, 0.25) is 0 Å². The second-order valence-corrected chi connectivity index (χ2v) is 6.49. The van der Waals surface area contributed by atoms with Crippen molar-refractivity contribution in [1.82, 2.24) is 5.32 Å². The summed E-state index contributed by atoms with van der Waals surface area (Å²) in [6, 6.07) is 0.461. The number of carboxylic acid groups (broad SMARTS) is 1. The number of aliphatic carboxylic acids is 1. The zero-order valence-corrected chi connectivity index (χ0v) is 11.8. The summed E-state index contributed by atoms with van der Waals surface area (Å²) < 4.78 is 0. The zero-order chi connectivity index (χ0) is 13.2. The fraction of sp³-hybridized carbons (Fsp3) is 0.929. The summed E-state index contributed by atoms with van der Waals surface area (Å²) in [5.74, 6) is 0.206. The first-order valence-corrected chi connectivity index (χ1v) is 6.73. The van der Waals surface area contributed by atoms with E-state index in [1.165, 1.54) is 0 Å². The van der Waals surface area contributed by atoms with E-state index in [4.69, 9.17) is 0 Å². The summed E-state index contributed by atoms with van der Waals surface area (Å²) in [6.45, 7) is 11.8. The van der Waals surface area contributed by atoms with Crippen LogP contribution in [0.25, 0.3) is 0 Å². The summed E-state index contributed by atoms with van der Waals surface area (Å²) >= 11 is 0. The quantitative estimate of drug-likeness (QED) is 0.795. The van der Waals surface area contributed by atoms with Crippen molar-refractivity contribution in [2.24, 2.45) is 23.2 Å². The van der Waals surface area contributed by atoms with Crippen molar-refractivity contribution in [2.75, 3.05) is 6.54 Å². The Morgan fingerprint density at radius 3 is 2.47 bits per heavy atom. The average molecular weight is 241 g/mol. The normalized spacial score (nSPS) is 32.7. The maximum Gasteiger partial charge on any atom is 0.307 e. The minimum atomic E-state index is -0.635. The highest BCUT2D eigenvalue weighted by atomic mass is 16.4. The lowest BCUT2D eigenvalue weighted by Crippen LogP contribution is -2.51. The van der Waals surface area contributed by atoms with Crippen molar-refractivity contribution in [1.29, 1.82) is 0 Å². The molecule has 0 aromatic heterocycles. The van der Waals surface area contributed by atoms with Gasteiger partial charge < -0.3 is 10.4 Å². The van der Waals surface area contributed by atoms with E-state index >= 15 is 0 Å². The Kier molecular flexibility index (Phi) is 4.59. The van der Waals surface area contributed by atoms with Crippen LogP contribution in [0.3, 0.4) is 0 Å². The molecule has 3 atom stereocenters. The van der Waals surface area contributed by atoms with Crippen molar-refractivity contribution < 1.29 is 9.90 Å². The predicted molar refractivity (Wildman–Crippen MR) is 69.9 cm³/mol. The van der Waals surface area contributed by atoms with E-state index in [2.05, 4.69) is 39.9 Å². The van der Waals surface area contributed by atoms with E-state index in [0.717, 1.165) is 19.4 Å². The van der Waals surface area contributed by atoms with Gasteiger partial charge in [-0.2, -0.15) is 0 Å². The predicted octanol–water partition coefficient (Wildman–Crippen LogP) is 2.76. The Labute approximate surface area is 105 Å². The van der Waals surface area contributed by atoms with Crippen LogP contribution < -0.4 is 5.32 Å². The summed E-state index contributed by atoms with van der Waals surface area (Å²) in [4.78, 5) is 11.3. The molecule has 1 saturated carbocycles. The highest BCUT2D eigenvalue weighted by Crippen LogP contribution is 2.45. The van der Waals surface area contributed by atoms with Crippen molar-refractivity contribution in [3.05, 3.63) is 0 Å². The lowest BCUT2D eigenvalue weighted by molar-refractivity contribution is -0.150. The van der Waals surface area contributed by atoms with Crippen molar-refractivity contribution >= 4 is 5.97 Å². The topological polar surface area (TPSA) is 49.3 Å². The maximum atomic E-state index is 11.3. The first-order valence-electron chi connectivity index (χ1n) is 6.73. The van der Waals surface area contributed by atoms with Gasteiger partial charge in [-0.3, -0.25) is 4.79 Å². The smallest absolute Gasteiger partial charge is 0.307 e. The van der Waals surface area contributed by atoms with Crippen LogP contribution in [0.4, 0.5) is 0 Å². The molecular formula is C14H27NO2. The van der Waals surface area contributed by atoms with Gasteiger partial charge in [0.05, 0.1) is 5.92 Å². The van der Waals surface area contributed by atoms with Gasteiger partial charge in [-0.15, -0.1) is 0 Å². The number of carbonyl (C=O) groups is 1. The van der Waals surface area contributed by atoms with E-state index < -0.39 is 5.97 Å². The molecule has 0 bridgehead atoms. The Morgan fingerprint density at radius 1 is 1.41 bits per heavy atom. The monoisotopic (exact) mass is 241 g/mol. The van der Waals surface area contributed by atoms with Crippen LogP contribution in [0, 0.1) is 23.2 Å². The van der Waals surface area contributed by atoms with Crippen molar-refractivity contribution in [3.63, 3.8) is 0 Å². The van der Waals surface area contributed by atoms with E-state index in [0.29, 0.717) is 17.9 Å². The van der Waals surface area contributed by atoms with Crippen LogP contribution in [-0.2, 0) is 4.79 Å². The van der Waals surface area contributed by atoms with E-state index in [9.17, 15) is 9.90 Å². The van der Waals surface area contributed by atoms with Crippen molar-refractivity contribution in [2.45, 2.75) is 53.5 Å². The van der Waals surface area contributed by atoms with Crippen LogP contribution in [-0.4, -0.2) is 23.7 Å². The number of nitrogens with one attached hydrogen (secondary N) is 1. The Bertz CT molecular complexity index is 273. The molecule has 1 aliphatic carbocycles. The van der Waals surface area contributed by atoms with Gasteiger partial charge in [0, 0.05) is 6.04 Å². The third-order valence-electron chi connectivity index (χ3n) is 4.53. The SMILES string of the molecule is CC(C)CNC1CCC(C(=O)O)C(C)(C)C1C. The molecule has 0 aliphatic heterocycles. The zero-order valence-electron chi connectivity index (χ0n) is 11.8. The fourth-order valence-electron chi connectivity index (χ4n) is 2.91. The third-order valence-corrected chi connectivity index (χ3v) is 4.53. The van der Waals surface area contributed by atoms with E-state index in [-0.39, 0.29) is 11.3 Å². The van der Waals surface area contributed by atoms with Gasteiger partial charge in [0.25, 0.3) is 0 Å². The summed E-state index contributed by atoms with van der Waals surface area (Å²) in [5, 5.41) is 12.9. The third kappa shape index (κ3) is 3.21. The molecule has 0 spiro atoms. The lowest BCUT2D eigenvalue weighted by atomic mass is 9.61. The van der Waals surface area contributed by atoms with Gasteiger partial charge in [0.15, 0.2) is 0 Å². The molecule has 1 aliphatic rings. The second kappa shape index (κ2) is 5.38. The minimum Gasteiger partial charge on any atom is -0.481 e. The molecule has 100 valence electrons. The molecule has 0 saturated heterocycles. The standard InChI is InChI=1S/C14H27NO2/c1-9(2)8-15-12-7-6-11(13(16)17)14(4,5)10(12)3/h9-12,15H,6-8H2,1-5H3,(H,16,17). The molecule has 3 nitrogen and oxygen atoms in total. The maximum absolute atomic E-state index is 11.3. The Morgan fingerprint density at radius 2 is 2.00 bits per heavy atom. The van der Waals surface area contributed by atoms with Crippen LogP contribution in [0.1, 0.15) is 47.5 Å². The Hall–Kier alpha value is -0.570. The molecule has 0 heterocycles. The van der Waals surface area contributed by atoms with Gasteiger partial charge >= 0.3 is 5.97 Å². The Balaban J connectivity index is 2.68. The number of rotatable bonds is 4. The van der Waals surface area contributed by atoms with Crippen LogP contribution in [0.5, 0.6) is 0 Å². The number of hydrogen-bond acceptors (Lipinski definition) is 2. The summed E-state index contributed by atoms with van der Waals surface area (Å²) in [7, 11) is 0. The number of carboxylic acids is 1. The van der Waals surface area contributed by atoms with Crippen molar-refractivity contribution in [3.8, 4) is 0 Å². The summed E-state index contributed by atoms with van der Waals surface area (Å²) in [5.41, 5.74) is -0.126. The van der Waals surface area contributed by atoms with Gasteiger partial charge in [-0.1, -0.05) is 34.6 Å². The largest absolute Gasteiger partial charge is 0.481 e. The molecule has 2 N–H and O–H groups in total. The van der Waals surface area contributed by atoms with Gasteiger partial charge in [0.2, 0.25) is 0 Å². The van der Waals surface area contributed by atoms with Gasteiger partial charge in [0.1, 0.15) is 0 Å². The second-order valence-electron chi connectivity index (χ2n) is 6.49. The average Bonchev–Trinajstić information content (AvgIpc) is 2.19. The molecule has 3 heteroatoms.